The number of amides is 1. The lowest BCUT2D eigenvalue weighted by atomic mass is 10.1. The van der Waals surface area contributed by atoms with Crippen LogP contribution >= 0.6 is 11.3 Å². The Morgan fingerprint density at radius 1 is 1.52 bits per heavy atom. The molecule has 108 valence electrons. The van der Waals surface area contributed by atoms with Crippen LogP contribution in [-0.4, -0.2) is 15.9 Å². The first kappa shape index (κ1) is 13.6. The lowest BCUT2D eigenvalue weighted by molar-refractivity contribution is 0.0937. The molecule has 0 radical (unpaired) electrons. The number of benzene rings is 1. The maximum absolute atomic E-state index is 12.5. The molecule has 2 aromatic heterocycles. The van der Waals surface area contributed by atoms with Gasteiger partial charge >= 0.3 is 0 Å². The van der Waals surface area contributed by atoms with E-state index in [0.29, 0.717) is 11.3 Å². The molecule has 1 unspecified atom stereocenters. The molecule has 3 rings (SSSR count). The van der Waals surface area contributed by atoms with Crippen LogP contribution in [0, 0.1) is 0 Å². The molecule has 4 N–H and O–H groups in total. The number of aromatic amines is 1. The number of carbonyl (C=O) groups excluding carboxylic acids is 1. The fourth-order valence-electron chi connectivity index (χ4n) is 2.31. The first-order valence-electron chi connectivity index (χ1n) is 6.76. The minimum atomic E-state index is -0.104. The molecular weight excluding hydrogens is 284 g/mol. The first-order valence-corrected chi connectivity index (χ1v) is 7.64. The van der Waals surface area contributed by atoms with E-state index in [0.717, 1.165) is 22.3 Å². The third-order valence-corrected chi connectivity index (χ3v) is 4.30. The Morgan fingerprint density at radius 3 is 3.10 bits per heavy atom. The molecule has 1 aromatic carbocycles. The number of H-pyrrole nitrogens is 1. The van der Waals surface area contributed by atoms with Gasteiger partial charge in [0.05, 0.1) is 11.6 Å². The summed E-state index contributed by atoms with van der Waals surface area (Å²) < 4.78 is 0. The topological polar surface area (TPSA) is 83.8 Å². The van der Waals surface area contributed by atoms with Gasteiger partial charge in [-0.15, -0.1) is 11.3 Å². The second-order valence-electron chi connectivity index (χ2n) is 4.81. The SMILES string of the molecule is CCC(NC(=O)c1c[nH]c2cc(N)ccc12)c1nccs1. The van der Waals surface area contributed by atoms with Crippen molar-refractivity contribution in [1.29, 1.82) is 0 Å². The molecule has 0 aliphatic carbocycles. The van der Waals surface area contributed by atoms with Crippen LogP contribution in [0.1, 0.15) is 34.8 Å². The van der Waals surface area contributed by atoms with E-state index < -0.39 is 0 Å². The smallest absolute Gasteiger partial charge is 0.254 e. The lowest BCUT2D eigenvalue weighted by Gasteiger charge is -2.14. The third kappa shape index (κ3) is 2.62. The van der Waals surface area contributed by atoms with Crippen molar-refractivity contribution < 1.29 is 4.79 Å². The molecule has 6 heteroatoms. The number of nitrogens with two attached hydrogens (primary N) is 1. The number of fused-ring (bicyclic) bond motifs is 1. The number of hydrogen-bond acceptors (Lipinski definition) is 4. The van der Waals surface area contributed by atoms with Gasteiger partial charge in [-0.25, -0.2) is 4.98 Å². The van der Waals surface area contributed by atoms with Crippen molar-refractivity contribution in [2.75, 3.05) is 5.73 Å². The van der Waals surface area contributed by atoms with Gasteiger partial charge in [0.15, 0.2) is 0 Å². The normalized spacial score (nSPS) is 12.4. The predicted octanol–water partition coefficient (Wildman–Crippen LogP) is 3.09. The summed E-state index contributed by atoms with van der Waals surface area (Å²) >= 11 is 1.55. The van der Waals surface area contributed by atoms with Crippen LogP contribution in [0.25, 0.3) is 10.9 Å². The molecule has 21 heavy (non-hydrogen) atoms. The summed E-state index contributed by atoms with van der Waals surface area (Å²) in [5.41, 5.74) is 7.91. The summed E-state index contributed by atoms with van der Waals surface area (Å²) in [4.78, 5) is 19.8. The van der Waals surface area contributed by atoms with E-state index in [1.54, 1.807) is 29.8 Å². The molecule has 1 amide bonds. The van der Waals surface area contributed by atoms with Gasteiger partial charge in [0, 0.05) is 34.4 Å². The van der Waals surface area contributed by atoms with Crippen molar-refractivity contribution in [2.24, 2.45) is 0 Å². The monoisotopic (exact) mass is 300 g/mol. The molecule has 0 aliphatic rings. The molecule has 0 saturated carbocycles. The number of anilines is 1. The number of carbonyl (C=O) groups is 1. The Labute approximate surface area is 126 Å². The summed E-state index contributed by atoms with van der Waals surface area (Å²) in [6.07, 6.45) is 4.27. The third-order valence-electron chi connectivity index (χ3n) is 3.41. The van der Waals surface area contributed by atoms with Gasteiger partial charge in [-0.05, 0) is 24.6 Å². The standard InChI is InChI=1S/C15H16N4OS/c1-2-12(15-17-5-6-21-15)19-14(20)11-8-18-13-7-9(16)3-4-10(11)13/h3-8,12,18H,2,16H2,1H3,(H,19,20). The Bertz CT molecular complexity index is 763. The fourth-order valence-corrected chi connectivity index (χ4v) is 3.09. The number of hydrogen-bond donors (Lipinski definition) is 3. The largest absolute Gasteiger partial charge is 0.399 e. The molecule has 0 fully saturated rings. The van der Waals surface area contributed by atoms with Gasteiger partial charge in [0.1, 0.15) is 5.01 Å². The van der Waals surface area contributed by atoms with Gasteiger partial charge in [-0.2, -0.15) is 0 Å². The first-order chi connectivity index (χ1) is 10.2. The van der Waals surface area contributed by atoms with Crippen LogP contribution < -0.4 is 11.1 Å². The second-order valence-corrected chi connectivity index (χ2v) is 5.74. The van der Waals surface area contributed by atoms with Crippen molar-refractivity contribution in [3.63, 3.8) is 0 Å². The van der Waals surface area contributed by atoms with Gasteiger partial charge in [0.2, 0.25) is 0 Å². The van der Waals surface area contributed by atoms with Gasteiger partial charge in [-0.3, -0.25) is 4.79 Å². The number of nitrogens with one attached hydrogen (secondary N) is 2. The fraction of sp³-hybridized carbons (Fsp3) is 0.200. The van der Waals surface area contributed by atoms with Gasteiger partial charge in [-0.1, -0.05) is 6.92 Å². The van der Waals surface area contributed by atoms with E-state index in [-0.39, 0.29) is 11.9 Å². The molecule has 3 aromatic rings. The van der Waals surface area contributed by atoms with E-state index in [2.05, 4.69) is 15.3 Å². The molecule has 0 saturated heterocycles. The van der Waals surface area contributed by atoms with E-state index in [1.807, 2.05) is 24.4 Å². The molecule has 0 spiro atoms. The summed E-state index contributed by atoms with van der Waals surface area (Å²) in [5.74, 6) is -0.104. The molecule has 5 nitrogen and oxygen atoms in total. The molecule has 1 atom stereocenters. The van der Waals surface area contributed by atoms with E-state index in [4.69, 9.17) is 5.73 Å². The van der Waals surface area contributed by atoms with Gasteiger partial charge < -0.3 is 16.0 Å². The highest BCUT2D eigenvalue weighted by molar-refractivity contribution is 7.09. The summed E-state index contributed by atoms with van der Waals surface area (Å²) in [7, 11) is 0. The van der Waals surface area contributed by atoms with Crippen LogP contribution in [0.4, 0.5) is 5.69 Å². The zero-order valence-corrected chi connectivity index (χ0v) is 12.4. The average molecular weight is 300 g/mol. The average Bonchev–Trinajstić information content (AvgIpc) is 3.13. The quantitative estimate of drug-likeness (QED) is 0.647. The summed E-state index contributed by atoms with van der Waals surface area (Å²) in [5, 5.41) is 6.75. The lowest BCUT2D eigenvalue weighted by Crippen LogP contribution is -2.27. The molecule has 0 aliphatic heterocycles. The van der Waals surface area contributed by atoms with Crippen molar-refractivity contribution in [1.82, 2.24) is 15.3 Å². The van der Waals surface area contributed by atoms with E-state index in [1.165, 1.54) is 0 Å². The van der Waals surface area contributed by atoms with Crippen LogP contribution in [-0.2, 0) is 0 Å². The highest BCUT2D eigenvalue weighted by Gasteiger charge is 2.18. The van der Waals surface area contributed by atoms with Crippen LogP contribution in [0.15, 0.2) is 36.0 Å². The van der Waals surface area contributed by atoms with E-state index in [9.17, 15) is 4.79 Å². The Morgan fingerprint density at radius 2 is 2.38 bits per heavy atom. The minimum absolute atomic E-state index is 0.0590. The molecular formula is C15H16N4OS. The second kappa shape index (κ2) is 5.57. The number of nitrogens with zero attached hydrogens (tertiary/aromatic N) is 1. The van der Waals surface area contributed by atoms with Crippen LogP contribution in [0.5, 0.6) is 0 Å². The van der Waals surface area contributed by atoms with Crippen molar-refractivity contribution in [3.8, 4) is 0 Å². The highest BCUT2D eigenvalue weighted by Crippen LogP contribution is 2.23. The Hall–Kier alpha value is -2.34. The number of aromatic nitrogens is 2. The molecule has 0 bridgehead atoms. The maximum Gasteiger partial charge on any atom is 0.254 e. The summed E-state index contributed by atoms with van der Waals surface area (Å²) in [6, 6.07) is 5.42. The summed E-state index contributed by atoms with van der Waals surface area (Å²) in [6.45, 7) is 2.03. The van der Waals surface area contributed by atoms with Crippen molar-refractivity contribution >= 4 is 33.8 Å². The van der Waals surface area contributed by atoms with Crippen LogP contribution in [0.2, 0.25) is 0 Å². The van der Waals surface area contributed by atoms with Crippen molar-refractivity contribution in [2.45, 2.75) is 19.4 Å². The van der Waals surface area contributed by atoms with E-state index >= 15 is 0 Å². The zero-order valence-electron chi connectivity index (χ0n) is 11.6. The predicted molar refractivity (Wildman–Crippen MR) is 85.3 cm³/mol. The highest BCUT2D eigenvalue weighted by atomic mass is 32.1. The van der Waals surface area contributed by atoms with Crippen LogP contribution in [0.3, 0.4) is 0 Å². The maximum atomic E-state index is 12.5. The Balaban J connectivity index is 1.87. The molecule has 2 heterocycles. The van der Waals surface area contributed by atoms with Gasteiger partial charge in [0.25, 0.3) is 5.91 Å². The number of nitrogen functional groups attached to an aromatic ring is 1. The zero-order chi connectivity index (χ0) is 14.8. The number of thiazole rings is 1. The minimum Gasteiger partial charge on any atom is -0.399 e. The van der Waals surface area contributed by atoms with Crippen molar-refractivity contribution in [3.05, 3.63) is 46.5 Å². The Kier molecular flexibility index (Phi) is 3.62. The number of rotatable bonds is 4.